The van der Waals surface area contributed by atoms with Gasteiger partial charge in [0, 0.05) is 113 Å². The lowest BCUT2D eigenvalue weighted by molar-refractivity contribution is 0.629. The molecule has 0 saturated carbocycles. The standard InChI is InChI=1S/C43H28FN3.2C43H29N3/c44-37-17-9-10-18-40(37)46(32-12-3-1-4-13-32)38-25-21-30-20-24-36-39(26-22-31-19-23-35(38)41(30)42(31)36)47(33-14-5-2-6-15-33)43-34-16-8-7-11-29(34)27-28-45-43;1-4-14-34(15-5-1)45(35-16-6-2-7-17-35)39-26-22-30-21-25-38-40(27-23-31-20-24-37(39)42(30)43(31)38)46(36-18-8-3-9-19-36)41-28-32-12-10-11-13-33(32)29-44-41;1-4-13-33(14-5-1)45(34-15-6-2-7-16-34)39-26-22-31-21-25-38-40(27-23-32-20-24-37(39)41(31)42(32)38)46(35-17-8-3-9-18-35)43-36-19-11-10-12-30(36)28-29-44-43/h1-28H;2*1-29H. The van der Waals surface area contributed by atoms with Crippen LogP contribution < -0.4 is 29.4 Å². The summed E-state index contributed by atoms with van der Waals surface area (Å²) in [5, 5.41) is 28.3. The summed E-state index contributed by atoms with van der Waals surface area (Å²) in [6.45, 7) is 0. The van der Waals surface area contributed by atoms with Crippen LogP contribution >= 0.6 is 0 Å². The molecule has 0 N–H and O–H groups in total. The highest BCUT2D eigenvalue weighted by atomic mass is 19.1. The quantitative estimate of drug-likeness (QED) is 0.0782. The third kappa shape index (κ3) is 14.7. The monoisotopic (exact) mass is 1780 g/mol. The molecule has 0 unspecified atom stereocenters. The number of halogens is 1. The van der Waals surface area contributed by atoms with E-state index in [1.807, 2.05) is 72.0 Å². The second-order valence-corrected chi connectivity index (χ2v) is 35.0. The van der Waals surface area contributed by atoms with E-state index in [0.717, 1.165) is 156 Å². The van der Waals surface area contributed by atoms with Gasteiger partial charge in [0.2, 0.25) is 0 Å². The van der Waals surface area contributed by atoms with Crippen LogP contribution in [0.3, 0.4) is 0 Å². The van der Waals surface area contributed by atoms with E-state index >= 15 is 4.39 Å². The summed E-state index contributed by atoms with van der Waals surface area (Å²) in [4.78, 5) is 28.6. The zero-order valence-electron chi connectivity index (χ0n) is 75.6. The minimum Gasteiger partial charge on any atom is -0.310 e. The van der Waals surface area contributed by atoms with Crippen LogP contribution in [0.1, 0.15) is 0 Å². The highest BCUT2D eigenvalue weighted by Gasteiger charge is 2.29. The van der Waals surface area contributed by atoms with Gasteiger partial charge in [-0.15, -0.1) is 0 Å². The van der Waals surface area contributed by atoms with Crippen LogP contribution in [-0.2, 0) is 0 Å². The lowest BCUT2D eigenvalue weighted by Crippen LogP contribution is -2.13. The summed E-state index contributed by atoms with van der Waals surface area (Å²) in [5.74, 6) is 2.41. The Balaban J connectivity index is 0.000000110. The smallest absolute Gasteiger partial charge is 0.147 e. The van der Waals surface area contributed by atoms with Crippen molar-refractivity contribution >= 4 is 232 Å². The van der Waals surface area contributed by atoms with Crippen molar-refractivity contribution in [1.29, 1.82) is 0 Å². The Kier molecular flexibility index (Phi) is 21.0. The molecule has 24 aromatic carbocycles. The first-order valence-corrected chi connectivity index (χ1v) is 47.0. The Hall–Kier alpha value is -18.6. The van der Waals surface area contributed by atoms with Gasteiger partial charge in [0.05, 0.1) is 39.8 Å². The van der Waals surface area contributed by atoms with E-state index in [1.165, 1.54) is 76.1 Å². The molecule has 654 valence electrons. The molecular formula is C129H86FN9. The van der Waals surface area contributed by atoms with E-state index in [-0.39, 0.29) is 5.82 Å². The molecule has 0 amide bonds. The summed E-state index contributed by atoms with van der Waals surface area (Å²) in [7, 11) is 0. The number of aromatic nitrogens is 3. The topological polar surface area (TPSA) is 58.1 Å². The first kappa shape index (κ1) is 82.3. The van der Waals surface area contributed by atoms with E-state index in [2.05, 4.69) is 467 Å². The zero-order chi connectivity index (χ0) is 92.2. The van der Waals surface area contributed by atoms with Crippen LogP contribution in [0.25, 0.3) is 129 Å². The van der Waals surface area contributed by atoms with Crippen molar-refractivity contribution in [3.05, 3.63) is 528 Å². The number of anilines is 18. The molecule has 139 heavy (non-hydrogen) atoms. The average molecular weight is 1780 g/mol. The lowest BCUT2D eigenvalue weighted by atomic mass is 9.91. The van der Waals surface area contributed by atoms with Crippen LogP contribution in [0.15, 0.2) is 522 Å². The van der Waals surface area contributed by atoms with E-state index in [4.69, 9.17) is 15.0 Å². The van der Waals surface area contributed by atoms with Gasteiger partial charge in [-0.2, -0.15) is 0 Å². The summed E-state index contributed by atoms with van der Waals surface area (Å²) in [6, 6.07) is 176. The van der Waals surface area contributed by atoms with E-state index in [9.17, 15) is 0 Å². The van der Waals surface area contributed by atoms with E-state index in [1.54, 1.807) is 6.07 Å². The van der Waals surface area contributed by atoms with Gasteiger partial charge in [0.25, 0.3) is 0 Å². The van der Waals surface area contributed by atoms with Gasteiger partial charge in [0.15, 0.2) is 0 Å². The maximum absolute atomic E-state index is 15.5. The summed E-state index contributed by atoms with van der Waals surface area (Å²) < 4.78 is 15.5. The van der Waals surface area contributed by atoms with Gasteiger partial charge in [-0.3, -0.25) is 14.7 Å². The third-order valence-corrected chi connectivity index (χ3v) is 27.1. The molecule has 0 bridgehead atoms. The highest BCUT2D eigenvalue weighted by Crippen LogP contribution is 2.54. The predicted molar refractivity (Wildman–Crippen MR) is 584 cm³/mol. The van der Waals surface area contributed by atoms with Gasteiger partial charge < -0.3 is 14.7 Å². The van der Waals surface area contributed by atoms with Crippen molar-refractivity contribution in [2.24, 2.45) is 0 Å². The van der Waals surface area contributed by atoms with Gasteiger partial charge in [0.1, 0.15) is 23.3 Å². The summed E-state index contributed by atoms with van der Waals surface area (Å²) >= 11 is 0. The Morgan fingerprint density at radius 2 is 0.388 bits per heavy atom. The third-order valence-electron chi connectivity index (χ3n) is 27.1. The Morgan fingerprint density at radius 3 is 0.712 bits per heavy atom. The molecule has 27 rings (SSSR count). The molecule has 0 aliphatic rings. The predicted octanol–water partition coefficient (Wildman–Crippen LogP) is 36.4. The number of hydrogen-bond donors (Lipinski definition) is 0. The minimum absolute atomic E-state index is 0.273. The van der Waals surface area contributed by atoms with Gasteiger partial charge in [-0.1, -0.05) is 340 Å². The molecule has 0 aliphatic carbocycles. The van der Waals surface area contributed by atoms with E-state index < -0.39 is 0 Å². The van der Waals surface area contributed by atoms with Crippen LogP contribution in [0.4, 0.5) is 107 Å². The SMILES string of the molecule is Fc1ccccc1N(c1ccccc1)c1ccc2ccc3c(N(c4ccccc4)c4nccc5ccccc45)ccc4ccc1c2c43.c1ccc(N(c2ccccc2)c2ccc3ccc4c(N(c5ccccc5)c5cc6ccccc6cn5)ccc5ccc2c3c54)cc1.c1ccc(N(c2ccccc2)c2ccc3ccc4c(N(c5ccccc5)c5nccc6ccccc56)ccc5ccc2c3c54)cc1. The lowest BCUT2D eigenvalue weighted by Gasteiger charge is -2.29. The number of hydrogen-bond acceptors (Lipinski definition) is 9. The van der Waals surface area contributed by atoms with Crippen LogP contribution in [0, 0.1) is 5.82 Å². The molecule has 0 fully saturated rings. The van der Waals surface area contributed by atoms with Crippen molar-refractivity contribution in [1.82, 2.24) is 15.0 Å². The maximum Gasteiger partial charge on any atom is 0.147 e. The maximum atomic E-state index is 15.5. The van der Waals surface area contributed by atoms with Crippen molar-refractivity contribution in [2.75, 3.05) is 29.4 Å². The molecule has 3 heterocycles. The highest BCUT2D eigenvalue weighted by molar-refractivity contribution is 6.32. The van der Waals surface area contributed by atoms with Crippen molar-refractivity contribution in [3.63, 3.8) is 0 Å². The Bertz CT molecular complexity index is 9090. The van der Waals surface area contributed by atoms with Crippen molar-refractivity contribution < 1.29 is 4.39 Å². The van der Waals surface area contributed by atoms with Crippen molar-refractivity contribution in [3.8, 4) is 0 Å². The number of para-hydroxylation sites is 9. The summed E-state index contributed by atoms with van der Waals surface area (Å²) in [5.41, 5.74) is 15.6. The Labute approximate surface area is 803 Å². The van der Waals surface area contributed by atoms with Gasteiger partial charge in [-0.25, -0.2) is 19.3 Å². The average Bonchev–Trinajstić information content (AvgIpc) is 0.726. The Morgan fingerprint density at radius 1 is 0.151 bits per heavy atom. The molecular weight excluding hydrogens is 1690 g/mol. The largest absolute Gasteiger partial charge is 0.310 e. The molecule has 0 atom stereocenters. The molecule has 0 radical (unpaired) electrons. The number of benzene rings is 24. The number of fused-ring (bicyclic) bond motifs is 3. The number of rotatable bonds is 18. The normalized spacial score (nSPS) is 11.5. The fourth-order valence-electron chi connectivity index (χ4n) is 20.9. The molecule has 9 nitrogen and oxygen atoms in total. The molecule has 10 heteroatoms. The van der Waals surface area contributed by atoms with Gasteiger partial charge >= 0.3 is 0 Å². The second-order valence-electron chi connectivity index (χ2n) is 35.0. The molecule has 27 aromatic rings. The first-order chi connectivity index (χ1) is 68.9. The zero-order valence-corrected chi connectivity index (χ0v) is 75.6. The van der Waals surface area contributed by atoms with Gasteiger partial charge in [-0.05, 0) is 245 Å². The summed E-state index contributed by atoms with van der Waals surface area (Å²) in [6.07, 6.45) is 5.78. The van der Waals surface area contributed by atoms with E-state index in [0.29, 0.717) is 5.69 Å². The minimum atomic E-state index is -0.273. The second kappa shape index (κ2) is 35.4. The first-order valence-electron chi connectivity index (χ1n) is 47.0. The molecule has 0 aliphatic heterocycles. The van der Waals surface area contributed by atoms with Crippen LogP contribution in [0.5, 0.6) is 0 Å². The number of nitrogens with zero attached hydrogens (tertiary/aromatic N) is 9. The number of pyridine rings is 3. The van der Waals surface area contributed by atoms with Crippen LogP contribution in [-0.4, -0.2) is 15.0 Å². The van der Waals surface area contributed by atoms with Crippen LogP contribution in [0.2, 0.25) is 0 Å². The molecule has 0 saturated heterocycles. The molecule has 0 spiro atoms. The van der Waals surface area contributed by atoms with Crippen molar-refractivity contribution in [2.45, 2.75) is 0 Å². The fourth-order valence-corrected chi connectivity index (χ4v) is 20.9. The fraction of sp³-hybridized carbons (Fsp3) is 0. The molecule has 3 aromatic heterocycles.